The van der Waals surface area contributed by atoms with Crippen LogP contribution in [0.1, 0.15) is 31.3 Å². The smallest absolute Gasteiger partial charge is 0.234 e. The number of benzene rings is 1. The lowest BCUT2D eigenvalue weighted by atomic mass is 10.1. The number of nitrogens with zero attached hydrogens (tertiary/aromatic N) is 3. The Morgan fingerprint density at radius 2 is 1.87 bits per heavy atom. The molecule has 1 N–H and O–H groups in total. The third-order valence-corrected chi connectivity index (χ3v) is 6.17. The van der Waals surface area contributed by atoms with Crippen molar-refractivity contribution >= 4 is 28.2 Å². The number of carbonyl (C=O) groups excluding carboxylic acids is 1. The van der Waals surface area contributed by atoms with Gasteiger partial charge in [0.05, 0.1) is 13.1 Å². The average Bonchev–Trinajstić information content (AvgIpc) is 3.27. The Hall–Kier alpha value is -2.22. The summed E-state index contributed by atoms with van der Waals surface area (Å²) in [6.45, 7) is 13.1. The molecule has 1 aromatic carbocycles. The number of furan rings is 1. The first-order valence-electron chi connectivity index (χ1n) is 10.5. The fourth-order valence-electron chi connectivity index (χ4n) is 3.86. The van der Waals surface area contributed by atoms with E-state index in [4.69, 9.17) is 9.40 Å². The van der Waals surface area contributed by atoms with Gasteiger partial charge in [-0.15, -0.1) is 11.3 Å². The summed E-state index contributed by atoms with van der Waals surface area (Å²) < 4.78 is 6.06. The van der Waals surface area contributed by atoms with E-state index in [2.05, 4.69) is 33.5 Å². The molecule has 1 saturated heterocycles. The first-order chi connectivity index (χ1) is 14.3. The number of hydrogen-bond acceptors (Lipinski definition) is 6. The molecule has 1 amide bonds. The summed E-state index contributed by atoms with van der Waals surface area (Å²) in [6.07, 6.45) is 0. The Morgan fingerprint density at radius 3 is 2.57 bits per heavy atom. The summed E-state index contributed by atoms with van der Waals surface area (Å²) in [5, 5.41) is 7.38. The van der Waals surface area contributed by atoms with Crippen molar-refractivity contribution < 1.29 is 9.21 Å². The quantitative estimate of drug-likeness (QED) is 0.671. The SMILES string of the molecule is Cc1c(-c2csc(CN3CCN(CC(=O)NC(C)(C)C)CC3)n2)oc2ccccc12. The predicted octanol–water partition coefficient (Wildman–Crippen LogP) is 3.90. The molecule has 2 aromatic heterocycles. The highest BCUT2D eigenvalue weighted by atomic mass is 32.1. The lowest BCUT2D eigenvalue weighted by Gasteiger charge is -2.34. The minimum absolute atomic E-state index is 0.0988. The first kappa shape index (κ1) is 21.0. The van der Waals surface area contributed by atoms with Gasteiger partial charge in [0, 0.05) is 48.0 Å². The highest BCUT2D eigenvalue weighted by Crippen LogP contribution is 2.33. The lowest BCUT2D eigenvalue weighted by molar-refractivity contribution is -0.124. The predicted molar refractivity (Wildman–Crippen MR) is 122 cm³/mol. The standard InChI is InChI=1S/C23H30N4O2S/c1-16-17-7-5-6-8-19(17)29-22(16)18-15-30-21(24-18)14-27-11-9-26(10-12-27)13-20(28)25-23(2,3)4/h5-8,15H,9-14H2,1-4H3,(H,25,28). The Labute approximate surface area is 181 Å². The molecule has 0 radical (unpaired) electrons. The molecular formula is C23H30N4O2S. The molecule has 3 aromatic rings. The summed E-state index contributed by atoms with van der Waals surface area (Å²) in [4.78, 5) is 21.6. The third-order valence-electron chi connectivity index (χ3n) is 5.33. The van der Waals surface area contributed by atoms with E-state index in [1.54, 1.807) is 11.3 Å². The zero-order chi connectivity index (χ0) is 21.3. The monoisotopic (exact) mass is 426 g/mol. The van der Waals surface area contributed by atoms with E-state index in [-0.39, 0.29) is 11.4 Å². The minimum Gasteiger partial charge on any atom is -0.454 e. The first-order valence-corrected chi connectivity index (χ1v) is 11.3. The van der Waals surface area contributed by atoms with Crippen molar-refractivity contribution in [2.45, 2.75) is 39.8 Å². The second-order valence-electron chi connectivity index (χ2n) is 9.03. The number of thiazole rings is 1. The average molecular weight is 427 g/mol. The maximum Gasteiger partial charge on any atom is 0.234 e. The van der Waals surface area contributed by atoms with Crippen LogP contribution in [0.2, 0.25) is 0 Å². The summed E-state index contributed by atoms with van der Waals surface area (Å²) in [6, 6.07) is 8.12. The number of aryl methyl sites for hydroxylation is 1. The number of amides is 1. The van der Waals surface area contributed by atoms with Crippen LogP contribution in [0.15, 0.2) is 34.1 Å². The zero-order valence-corrected chi connectivity index (χ0v) is 19.0. The van der Waals surface area contributed by atoms with E-state index in [0.29, 0.717) is 6.54 Å². The van der Waals surface area contributed by atoms with Crippen LogP contribution in [-0.4, -0.2) is 59.0 Å². The van der Waals surface area contributed by atoms with Crippen LogP contribution in [0.3, 0.4) is 0 Å². The van der Waals surface area contributed by atoms with E-state index < -0.39 is 0 Å². The van der Waals surface area contributed by atoms with Crippen LogP contribution >= 0.6 is 11.3 Å². The van der Waals surface area contributed by atoms with Gasteiger partial charge in [-0.2, -0.15) is 0 Å². The Morgan fingerprint density at radius 1 is 1.17 bits per heavy atom. The van der Waals surface area contributed by atoms with Gasteiger partial charge in [0.1, 0.15) is 16.3 Å². The molecule has 7 heteroatoms. The van der Waals surface area contributed by atoms with Crippen molar-refractivity contribution in [2.75, 3.05) is 32.7 Å². The van der Waals surface area contributed by atoms with E-state index >= 15 is 0 Å². The molecule has 4 rings (SSSR count). The normalized spacial score (nSPS) is 16.3. The maximum atomic E-state index is 12.1. The molecule has 0 unspecified atom stereocenters. The minimum atomic E-state index is -0.181. The number of para-hydroxylation sites is 1. The molecule has 0 bridgehead atoms. The molecule has 0 saturated carbocycles. The van der Waals surface area contributed by atoms with Crippen LogP contribution in [-0.2, 0) is 11.3 Å². The molecule has 0 aliphatic carbocycles. The van der Waals surface area contributed by atoms with Crippen molar-refractivity contribution in [1.82, 2.24) is 20.1 Å². The topological polar surface area (TPSA) is 61.6 Å². The van der Waals surface area contributed by atoms with E-state index in [1.165, 1.54) is 0 Å². The van der Waals surface area contributed by atoms with Crippen LogP contribution in [0.5, 0.6) is 0 Å². The van der Waals surface area contributed by atoms with E-state index in [1.807, 2.05) is 39.0 Å². The largest absolute Gasteiger partial charge is 0.454 e. The van der Waals surface area contributed by atoms with Gasteiger partial charge in [-0.05, 0) is 33.8 Å². The molecule has 0 atom stereocenters. The summed E-state index contributed by atoms with van der Waals surface area (Å²) in [5.74, 6) is 0.968. The highest BCUT2D eigenvalue weighted by molar-refractivity contribution is 7.09. The van der Waals surface area contributed by atoms with Crippen molar-refractivity contribution in [2.24, 2.45) is 0 Å². The fraction of sp³-hybridized carbons (Fsp3) is 0.478. The van der Waals surface area contributed by atoms with Gasteiger partial charge in [0.15, 0.2) is 5.76 Å². The Kier molecular flexibility index (Phi) is 5.95. The van der Waals surface area contributed by atoms with Crippen molar-refractivity contribution in [3.05, 3.63) is 40.2 Å². The molecular weight excluding hydrogens is 396 g/mol. The van der Waals surface area contributed by atoms with E-state index in [9.17, 15) is 4.79 Å². The number of nitrogens with one attached hydrogen (secondary N) is 1. The summed E-state index contributed by atoms with van der Waals surface area (Å²) in [7, 11) is 0. The Balaban J connectivity index is 1.33. The molecule has 6 nitrogen and oxygen atoms in total. The van der Waals surface area contributed by atoms with Gasteiger partial charge in [-0.3, -0.25) is 14.6 Å². The van der Waals surface area contributed by atoms with Crippen LogP contribution in [0.25, 0.3) is 22.4 Å². The summed E-state index contributed by atoms with van der Waals surface area (Å²) >= 11 is 1.68. The molecule has 1 aliphatic heterocycles. The second-order valence-corrected chi connectivity index (χ2v) is 9.97. The molecule has 160 valence electrons. The van der Waals surface area contributed by atoms with Crippen LogP contribution in [0.4, 0.5) is 0 Å². The van der Waals surface area contributed by atoms with E-state index in [0.717, 1.165) is 65.7 Å². The molecule has 1 aliphatic rings. The maximum absolute atomic E-state index is 12.1. The molecule has 0 spiro atoms. The second kappa shape index (κ2) is 8.49. The van der Waals surface area contributed by atoms with Crippen LogP contribution < -0.4 is 5.32 Å². The van der Waals surface area contributed by atoms with Crippen LogP contribution in [0, 0.1) is 6.92 Å². The van der Waals surface area contributed by atoms with Crippen molar-refractivity contribution in [3.63, 3.8) is 0 Å². The van der Waals surface area contributed by atoms with Gasteiger partial charge in [-0.1, -0.05) is 18.2 Å². The van der Waals surface area contributed by atoms with Gasteiger partial charge in [-0.25, -0.2) is 4.98 Å². The molecule has 3 heterocycles. The Bertz CT molecular complexity index is 1030. The molecule has 1 fully saturated rings. The number of rotatable bonds is 5. The van der Waals surface area contributed by atoms with Gasteiger partial charge in [0.25, 0.3) is 0 Å². The number of carbonyl (C=O) groups is 1. The third kappa shape index (κ3) is 4.91. The van der Waals surface area contributed by atoms with Crippen molar-refractivity contribution in [3.8, 4) is 11.5 Å². The van der Waals surface area contributed by atoms with Gasteiger partial charge < -0.3 is 9.73 Å². The van der Waals surface area contributed by atoms with Gasteiger partial charge >= 0.3 is 0 Å². The van der Waals surface area contributed by atoms with Gasteiger partial charge in [0.2, 0.25) is 5.91 Å². The number of aromatic nitrogens is 1. The van der Waals surface area contributed by atoms with Crippen molar-refractivity contribution in [1.29, 1.82) is 0 Å². The lowest BCUT2D eigenvalue weighted by Crippen LogP contribution is -2.51. The highest BCUT2D eigenvalue weighted by Gasteiger charge is 2.22. The number of fused-ring (bicyclic) bond motifs is 1. The number of piperazine rings is 1. The number of hydrogen-bond donors (Lipinski definition) is 1. The molecule has 30 heavy (non-hydrogen) atoms. The zero-order valence-electron chi connectivity index (χ0n) is 18.2. The summed E-state index contributed by atoms with van der Waals surface area (Å²) in [5.41, 5.74) is 2.79. The fourth-order valence-corrected chi connectivity index (χ4v) is 4.68.